The van der Waals surface area contributed by atoms with Crippen LogP contribution >= 0.6 is 0 Å². The van der Waals surface area contributed by atoms with Crippen LogP contribution < -0.4 is 16.8 Å². The highest BCUT2D eigenvalue weighted by molar-refractivity contribution is 5.90. The van der Waals surface area contributed by atoms with Crippen molar-refractivity contribution >= 4 is 11.9 Å². The molecule has 12 heavy (non-hydrogen) atoms. The average molecular weight is 175 g/mol. The maximum absolute atomic E-state index is 9.82. The molecular weight excluding hydrogens is 162 g/mol. The second-order valence-corrected chi connectivity index (χ2v) is 1.84. The Kier molecular flexibility index (Phi) is 8.21. The van der Waals surface area contributed by atoms with E-state index in [2.05, 4.69) is 12.3 Å². The van der Waals surface area contributed by atoms with Gasteiger partial charge in [0.25, 0.3) is 0 Å². The molecule has 0 saturated heterocycles. The number of hydrogen-bond donors (Lipinski definition) is 4. The molecule has 0 atom stereocenters. The van der Waals surface area contributed by atoms with Gasteiger partial charge in [-0.2, -0.15) is 0 Å². The molecular formula is C6H13N3O3. The van der Waals surface area contributed by atoms with Gasteiger partial charge in [0.2, 0.25) is 5.91 Å². The molecule has 0 aromatic heterocycles. The molecule has 0 rings (SSSR count). The molecule has 0 aliphatic rings. The number of aliphatic hydroxyl groups is 1. The number of aliphatic hydroxyl groups excluding tert-OH is 1. The smallest absolute Gasteiger partial charge is 0.313 e. The van der Waals surface area contributed by atoms with Gasteiger partial charge < -0.3 is 21.9 Å². The fourth-order valence-electron chi connectivity index (χ4n) is 0.0779. The van der Waals surface area contributed by atoms with Crippen molar-refractivity contribution in [2.45, 2.75) is 6.92 Å². The van der Waals surface area contributed by atoms with Gasteiger partial charge in [0.05, 0.1) is 0 Å². The molecule has 0 aliphatic heterocycles. The molecule has 6 heteroatoms. The first kappa shape index (κ1) is 13.1. The van der Waals surface area contributed by atoms with E-state index in [9.17, 15) is 9.59 Å². The van der Waals surface area contributed by atoms with Crippen molar-refractivity contribution < 1.29 is 14.7 Å². The number of carbonyl (C=O) groups is 2. The maximum Gasteiger partial charge on any atom is 0.313 e. The van der Waals surface area contributed by atoms with Crippen molar-refractivity contribution in [2.24, 2.45) is 11.5 Å². The van der Waals surface area contributed by atoms with E-state index in [1.807, 2.05) is 5.32 Å². The van der Waals surface area contributed by atoms with Crippen LogP contribution in [0.5, 0.6) is 0 Å². The van der Waals surface area contributed by atoms with Crippen LogP contribution in [0.4, 0.5) is 4.79 Å². The average Bonchev–Trinajstić information content (AvgIpc) is 1.87. The minimum atomic E-state index is -0.711. The normalized spacial score (nSPS) is 7.50. The summed E-state index contributed by atoms with van der Waals surface area (Å²) in [5.74, 6) is -0.435. The zero-order valence-corrected chi connectivity index (χ0v) is 6.83. The summed E-state index contributed by atoms with van der Waals surface area (Å²) in [4.78, 5) is 19.4. The van der Waals surface area contributed by atoms with Crippen molar-refractivity contribution in [2.75, 3.05) is 6.73 Å². The molecule has 70 valence electrons. The van der Waals surface area contributed by atoms with Crippen molar-refractivity contribution in [3.63, 3.8) is 0 Å². The Labute approximate surface area is 70.2 Å². The van der Waals surface area contributed by atoms with Gasteiger partial charge in [-0.3, -0.25) is 4.79 Å². The molecule has 6 N–H and O–H groups in total. The summed E-state index contributed by atoms with van der Waals surface area (Å²) < 4.78 is 0. The summed E-state index contributed by atoms with van der Waals surface area (Å²) >= 11 is 0. The molecule has 0 aliphatic carbocycles. The first-order valence-corrected chi connectivity index (χ1v) is 3.01. The molecule has 0 fully saturated rings. The van der Waals surface area contributed by atoms with Gasteiger partial charge in [0.1, 0.15) is 6.73 Å². The largest absolute Gasteiger partial charge is 0.376 e. The molecule has 0 bridgehead atoms. The third-order valence-corrected chi connectivity index (χ3v) is 0.674. The van der Waals surface area contributed by atoms with E-state index < -0.39 is 18.7 Å². The number of hydrogen-bond acceptors (Lipinski definition) is 3. The Morgan fingerprint density at radius 3 is 1.83 bits per heavy atom. The van der Waals surface area contributed by atoms with Gasteiger partial charge in [-0.15, -0.1) is 0 Å². The van der Waals surface area contributed by atoms with E-state index in [-0.39, 0.29) is 0 Å². The molecule has 3 amide bonds. The second kappa shape index (κ2) is 7.55. The second-order valence-electron chi connectivity index (χ2n) is 1.84. The van der Waals surface area contributed by atoms with Crippen LogP contribution in [0.1, 0.15) is 6.92 Å². The van der Waals surface area contributed by atoms with Gasteiger partial charge in [0.15, 0.2) is 0 Å². The van der Waals surface area contributed by atoms with Gasteiger partial charge >= 0.3 is 6.03 Å². The summed E-state index contributed by atoms with van der Waals surface area (Å²) in [7, 11) is 0. The monoisotopic (exact) mass is 175 g/mol. The van der Waals surface area contributed by atoms with Crippen molar-refractivity contribution in [3.05, 3.63) is 12.2 Å². The summed E-state index contributed by atoms with van der Waals surface area (Å²) in [5, 5.41) is 9.73. The first-order chi connectivity index (χ1) is 5.41. The van der Waals surface area contributed by atoms with Gasteiger partial charge in [-0.1, -0.05) is 6.58 Å². The zero-order valence-electron chi connectivity index (χ0n) is 6.83. The molecule has 0 aromatic rings. The SMILES string of the molecule is C=C(C)C(N)=O.NC(=O)NCO. The van der Waals surface area contributed by atoms with Crippen LogP contribution in [-0.4, -0.2) is 23.8 Å². The summed E-state index contributed by atoms with van der Waals surface area (Å²) in [6.07, 6.45) is 0. The van der Waals surface area contributed by atoms with Crippen molar-refractivity contribution in [3.8, 4) is 0 Å². The molecule has 0 aromatic carbocycles. The Morgan fingerprint density at radius 1 is 1.50 bits per heavy atom. The van der Waals surface area contributed by atoms with Crippen LogP contribution in [0.3, 0.4) is 0 Å². The van der Waals surface area contributed by atoms with Crippen LogP contribution in [0.15, 0.2) is 12.2 Å². The number of rotatable bonds is 2. The maximum atomic E-state index is 9.82. The fourth-order valence-corrected chi connectivity index (χ4v) is 0.0779. The third-order valence-electron chi connectivity index (χ3n) is 0.674. The molecule has 0 unspecified atom stereocenters. The topological polar surface area (TPSA) is 118 Å². The lowest BCUT2D eigenvalue weighted by atomic mass is 10.3. The van der Waals surface area contributed by atoms with E-state index >= 15 is 0 Å². The number of nitrogens with one attached hydrogen (secondary N) is 1. The highest BCUT2D eigenvalue weighted by Crippen LogP contribution is 1.78. The number of amides is 3. The Hall–Kier alpha value is -1.56. The molecule has 0 saturated carbocycles. The number of nitrogens with two attached hydrogens (primary N) is 2. The number of carbonyl (C=O) groups excluding carboxylic acids is 2. The van der Waals surface area contributed by atoms with Gasteiger partial charge in [-0.05, 0) is 6.92 Å². The summed E-state index contributed by atoms with van der Waals surface area (Å²) in [5.41, 5.74) is 9.59. The predicted octanol–water partition coefficient (Wildman–Crippen LogP) is -1.35. The quantitative estimate of drug-likeness (QED) is 0.307. The highest BCUT2D eigenvalue weighted by atomic mass is 16.3. The lowest BCUT2D eigenvalue weighted by molar-refractivity contribution is -0.114. The standard InChI is InChI=1S/C4H7NO.C2H6N2O2/c1-3(2)4(5)6;3-2(6)4-1-5/h1H2,2H3,(H2,5,6);5H,1H2,(H3,3,4,6). The van der Waals surface area contributed by atoms with Gasteiger partial charge in [0, 0.05) is 5.57 Å². The lowest BCUT2D eigenvalue weighted by Crippen LogP contribution is -2.29. The van der Waals surface area contributed by atoms with E-state index in [4.69, 9.17) is 10.8 Å². The van der Waals surface area contributed by atoms with E-state index in [1.165, 1.54) is 0 Å². The van der Waals surface area contributed by atoms with Crippen LogP contribution in [0.2, 0.25) is 0 Å². The molecule has 0 radical (unpaired) electrons. The molecule has 0 heterocycles. The minimum Gasteiger partial charge on any atom is -0.376 e. The van der Waals surface area contributed by atoms with Gasteiger partial charge in [-0.25, -0.2) is 4.79 Å². The Balaban J connectivity index is 0. The Morgan fingerprint density at radius 2 is 1.83 bits per heavy atom. The summed E-state index contributed by atoms with van der Waals surface area (Å²) in [6, 6.07) is -0.711. The molecule has 6 nitrogen and oxygen atoms in total. The summed E-state index contributed by atoms with van der Waals surface area (Å²) in [6.45, 7) is 4.46. The number of primary amides is 2. The van der Waals surface area contributed by atoms with Crippen LogP contribution in [-0.2, 0) is 4.79 Å². The molecule has 0 spiro atoms. The Bertz CT molecular complexity index is 167. The number of urea groups is 1. The van der Waals surface area contributed by atoms with Crippen LogP contribution in [0.25, 0.3) is 0 Å². The van der Waals surface area contributed by atoms with Crippen molar-refractivity contribution in [1.82, 2.24) is 5.32 Å². The highest BCUT2D eigenvalue weighted by Gasteiger charge is 1.86. The zero-order chi connectivity index (χ0) is 10.1. The van der Waals surface area contributed by atoms with E-state index in [1.54, 1.807) is 6.92 Å². The van der Waals surface area contributed by atoms with Crippen LogP contribution in [0, 0.1) is 0 Å². The van der Waals surface area contributed by atoms with Crippen molar-refractivity contribution in [1.29, 1.82) is 0 Å². The first-order valence-electron chi connectivity index (χ1n) is 3.01. The lowest BCUT2D eigenvalue weighted by Gasteiger charge is -1.88. The fraction of sp³-hybridized carbons (Fsp3) is 0.333. The van der Waals surface area contributed by atoms with E-state index in [0.29, 0.717) is 5.57 Å². The predicted molar refractivity (Wildman–Crippen MR) is 43.8 cm³/mol. The van der Waals surface area contributed by atoms with E-state index in [0.717, 1.165) is 0 Å². The minimum absolute atomic E-state index is 0.394. The third kappa shape index (κ3) is 15.8.